The van der Waals surface area contributed by atoms with E-state index in [-0.39, 0.29) is 22.9 Å². The van der Waals surface area contributed by atoms with Crippen LogP contribution < -0.4 is 10.1 Å². The summed E-state index contributed by atoms with van der Waals surface area (Å²) in [5.41, 5.74) is 0.484. The molecule has 1 aromatic heterocycles. The van der Waals surface area contributed by atoms with E-state index < -0.39 is 35.2 Å². The number of esters is 1. The number of alkyl halides is 3. The van der Waals surface area contributed by atoms with Crippen LogP contribution in [0.2, 0.25) is 0 Å². The molecule has 1 aliphatic carbocycles. The first-order valence-corrected chi connectivity index (χ1v) is 11.6. The van der Waals surface area contributed by atoms with Crippen molar-refractivity contribution in [3.63, 3.8) is 0 Å². The zero-order chi connectivity index (χ0) is 27.0. The zero-order valence-corrected chi connectivity index (χ0v) is 20.4. The number of aromatic nitrogens is 2. The molecule has 37 heavy (non-hydrogen) atoms. The summed E-state index contributed by atoms with van der Waals surface area (Å²) in [4.78, 5) is 25.7. The molecule has 1 amide bonds. The van der Waals surface area contributed by atoms with Crippen LogP contribution in [0.3, 0.4) is 0 Å². The van der Waals surface area contributed by atoms with Crippen molar-refractivity contribution in [1.82, 2.24) is 9.78 Å². The minimum absolute atomic E-state index is 0.0261. The highest BCUT2D eigenvalue weighted by Crippen LogP contribution is 2.50. The number of rotatable bonds is 8. The van der Waals surface area contributed by atoms with Crippen molar-refractivity contribution in [2.75, 3.05) is 12.4 Å². The van der Waals surface area contributed by atoms with Gasteiger partial charge in [-0.1, -0.05) is 19.1 Å². The fourth-order valence-electron chi connectivity index (χ4n) is 4.13. The maximum absolute atomic E-state index is 14.7. The molecule has 0 unspecified atom stereocenters. The highest BCUT2D eigenvalue weighted by atomic mass is 19.4. The van der Waals surface area contributed by atoms with Crippen LogP contribution in [-0.4, -0.2) is 35.1 Å². The van der Waals surface area contributed by atoms with Gasteiger partial charge in [-0.25, -0.2) is 9.18 Å². The molecule has 4 rings (SSSR count). The number of methoxy groups -OCH3 is 1. The molecule has 0 spiro atoms. The number of hydrogen-bond acceptors (Lipinski definition) is 5. The standard InChI is InChI=1S/C26H25F4N3O4/c1-4-15(2)33-14-16(13-31-33)19-7-5-17(11-20(19)23(34)36-3)32-24(35)25(9-10-25)21-8-6-18(12-22(21)27)37-26(28,29)30/h5-8,11-15H,4,9-10H2,1-3H3,(H,32,35)/t15-/m0/s1. The van der Waals surface area contributed by atoms with Crippen molar-refractivity contribution < 1.29 is 36.6 Å². The normalized spacial score (nSPS) is 15.1. The molecule has 196 valence electrons. The minimum atomic E-state index is -4.96. The van der Waals surface area contributed by atoms with Crippen molar-refractivity contribution in [3.05, 3.63) is 65.7 Å². The lowest BCUT2D eigenvalue weighted by Crippen LogP contribution is -2.29. The molecular formula is C26H25F4N3O4. The molecule has 3 aromatic rings. The molecule has 0 saturated heterocycles. The number of halogens is 4. The van der Waals surface area contributed by atoms with Gasteiger partial charge in [0.05, 0.1) is 24.3 Å². The summed E-state index contributed by atoms with van der Waals surface area (Å²) in [6.45, 7) is 4.05. The second kappa shape index (κ2) is 9.87. The number of benzene rings is 2. The summed E-state index contributed by atoms with van der Waals surface area (Å²) >= 11 is 0. The number of hydrogen-bond donors (Lipinski definition) is 1. The highest BCUT2D eigenvalue weighted by molar-refractivity contribution is 6.04. The van der Waals surface area contributed by atoms with Gasteiger partial charge in [0, 0.05) is 35.1 Å². The van der Waals surface area contributed by atoms with E-state index >= 15 is 0 Å². The highest BCUT2D eigenvalue weighted by Gasteiger charge is 2.53. The first kappa shape index (κ1) is 26.2. The first-order chi connectivity index (χ1) is 17.5. The van der Waals surface area contributed by atoms with E-state index in [0.29, 0.717) is 30.0 Å². The van der Waals surface area contributed by atoms with E-state index in [1.54, 1.807) is 23.0 Å². The molecule has 1 saturated carbocycles. The summed E-state index contributed by atoms with van der Waals surface area (Å²) in [5.74, 6) is -2.84. The van der Waals surface area contributed by atoms with Crippen LogP contribution in [0.15, 0.2) is 48.8 Å². The molecule has 1 N–H and O–H groups in total. The van der Waals surface area contributed by atoms with Crippen molar-refractivity contribution in [3.8, 4) is 16.9 Å². The third-order valence-electron chi connectivity index (χ3n) is 6.51. The van der Waals surface area contributed by atoms with Gasteiger partial charge < -0.3 is 14.8 Å². The van der Waals surface area contributed by atoms with Gasteiger partial charge in [0.25, 0.3) is 0 Å². The Hall–Kier alpha value is -3.89. The summed E-state index contributed by atoms with van der Waals surface area (Å²) in [6.07, 6.45) is -0.00398. The van der Waals surface area contributed by atoms with E-state index in [2.05, 4.69) is 15.2 Å². The van der Waals surface area contributed by atoms with E-state index in [4.69, 9.17) is 4.74 Å². The Morgan fingerprint density at radius 3 is 2.51 bits per heavy atom. The molecule has 0 bridgehead atoms. The fraction of sp³-hybridized carbons (Fsp3) is 0.346. The Kier molecular flexibility index (Phi) is 6.98. The fourth-order valence-corrected chi connectivity index (χ4v) is 4.13. The first-order valence-electron chi connectivity index (χ1n) is 11.6. The summed E-state index contributed by atoms with van der Waals surface area (Å²) < 4.78 is 62.5. The van der Waals surface area contributed by atoms with Crippen LogP contribution in [0, 0.1) is 5.82 Å². The van der Waals surface area contributed by atoms with E-state index in [0.717, 1.165) is 18.6 Å². The van der Waals surface area contributed by atoms with Gasteiger partial charge >= 0.3 is 12.3 Å². The topological polar surface area (TPSA) is 82.5 Å². The molecule has 11 heteroatoms. The predicted molar refractivity (Wildman–Crippen MR) is 127 cm³/mol. The quantitative estimate of drug-likeness (QED) is 0.291. The van der Waals surface area contributed by atoms with E-state index in [1.807, 2.05) is 20.0 Å². The maximum Gasteiger partial charge on any atom is 0.573 e. The Labute approximate surface area is 210 Å². The van der Waals surface area contributed by atoms with E-state index in [1.165, 1.54) is 13.2 Å². The zero-order valence-electron chi connectivity index (χ0n) is 20.4. The summed E-state index contributed by atoms with van der Waals surface area (Å²) in [6, 6.07) is 7.60. The van der Waals surface area contributed by atoms with Crippen LogP contribution in [0.4, 0.5) is 23.2 Å². The number of carbonyl (C=O) groups is 2. The van der Waals surface area contributed by atoms with Gasteiger partial charge in [0.2, 0.25) is 5.91 Å². The average Bonchev–Trinajstić information content (AvgIpc) is 3.51. The number of nitrogens with zero attached hydrogens (tertiary/aromatic N) is 2. The monoisotopic (exact) mass is 519 g/mol. The van der Waals surface area contributed by atoms with Crippen molar-refractivity contribution in [2.24, 2.45) is 0 Å². The predicted octanol–water partition coefficient (Wildman–Crippen LogP) is 6.02. The molecule has 7 nitrogen and oxygen atoms in total. The van der Waals surface area contributed by atoms with Crippen molar-refractivity contribution in [2.45, 2.75) is 50.9 Å². The van der Waals surface area contributed by atoms with Crippen LogP contribution >= 0.6 is 0 Å². The van der Waals surface area contributed by atoms with Gasteiger partial charge in [-0.15, -0.1) is 13.2 Å². The maximum atomic E-state index is 14.7. The Balaban J connectivity index is 1.59. The smallest absolute Gasteiger partial charge is 0.465 e. The molecule has 1 atom stereocenters. The largest absolute Gasteiger partial charge is 0.573 e. The number of ether oxygens (including phenoxy) is 2. The number of carbonyl (C=O) groups excluding carboxylic acids is 2. The van der Waals surface area contributed by atoms with E-state index in [9.17, 15) is 27.2 Å². The third-order valence-corrected chi connectivity index (χ3v) is 6.51. The van der Waals surface area contributed by atoms with Gasteiger partial charge in [-0.3, -0.25) is 9.48 Å². The number of anilines is 1. The van der Waals surface area contributed by atoms with Gasteiger partial charge in [0.1, 0.15) is 11.6 Å². The lowest BCUT2D eigenvalue weighted by atomic mass is 9.94. The molecule has 0 radical (unpaired) electrons. The van der Waals surface area contributed by atoms with Crippen molar-refractivity contribution in [1.29, 1.82) is 0 Å². The second-order valence-electron chi connectivity index (χ2n) is 8.94. The molecule has 0 aliphatic heterocycles. The molecule has 1 heterocycles. The number of nitrogens with one attached hydrogen (secondary N) is 1. The SMILES string of the molecule is CC[C@H](C)n1cc(-c2ccc(NC(=O)C3(c4ccc(OC(F)(F)F)cc4F)CC3)cc2C(=O)OC)cn1. The Morgan fingerprint density at radius 2 is 1.92 bits per heavy atom. The molecule has 2 aromatic carbocycles. The second-order valence-corrected chi connectivity index (χ2v) is 8.94. The van der Waals surface area contributed by atoms with Crippen molar-refractivity contribution >= 4 is 17.6 Å². The molecular weight excluding hydrogens is 494 g/mol. The van der Waals surface area contributed by atoms with Gasteiger partial charge in [-0.2, -0.15) is 5.10 Å². The van der Waals surface area contributed by atoms with Crippen LogP contribution in [0.25, 0.3) is 11.1 Å². The Bertz CT molecular complexity index is 1330. The van der Waals surface area contributed by atoms with Gasteiger partial charge in [0.15, 0.2) is 0 Å². The molecule has 1 fully saturated rings. The number of amides is 1. The minimum Gasteiger partial charge on any atom is -0.465 e. The Morgan fingerprint density at radius 1 is 1.19 bits per heavy atom. The summed E-state index contributed by atoms with van der Waals surface area (Å²) in [7, 11) is 1.24. The summed E-state index contributed by atoms with van der Waals surface area (Å²) in [5, 5.41) is 7.06. The third kappa shape index (κ3) is 5.45. The molecule has 1 aliphatic rings. The van der Waals surface area contributed by atoms with Crippen LogP contribution in [0.5, 0.6) is 5.75 Å². The lowest BCUT2D eigenvalue weighted by Gasteiger charge is -2.18. The average molecular weight is 519 g/mol. The van der Waals surface area contributed by atoms with Gasteiger partial charge in [-0.05, 0) is 49.9 Å². The lowest BCUT2D eigenvalue weighted by molar-refractivity contribution is -0.274. The van der Waals surface area contributed by atoms with Crippen LogP contribution in [0.1, 0.15) is 55.1 Å². The van der Waals surface area contributed by atoms with Crippen LogP contribution in [-0.2, 0) is 14.9 Å².